The molecule has 0 amide bonds. The molecule has 1 heterocycles. The molecule has 104 valence electrons. The number of hydrogen-bond acceptors (Lipinski definition) is 2. The largest absolute Gasteiger partial charge is 0.375 e. The summed E-state index contributed by atoms with van der Waals surface area (Å²) >= 11 is 6.27. The van der Waals surface area contributed by atoms with E-state index in [9.17, 15) is 0 Å². The smallest absolute Gasteiger partial charge is 0.0721 e. The fraction of sp³-hybridized carbons (Fsp3) is 0.294. The molecule has 0 radical (unpaired) electrons. The van der Waals surface area contributed by atoms with Crippen molar-refractivity contribution >= 4 is 11.6 Å². The quantitative estimate of drug-likeness (QED) is 0.911. The van der Waals surface area contributed by atoms with E-state index in [1.165, 1.54) is 11.1 Å². The Morgan fingerprint density at radius 3 is 2.75 bits per heavy atom. The van der Waals surface area contributed by atoms with Gasteiger partial charge in [-0.1, -0.05) is 54.1 Å². The zero-order valence-electron chi connectivity index (χ0n) is 11.5. The van der Waals surface area contributed by atoms with Crippen molar-refractivity contribution in [2.45, 2.75) is 25.6 Å². The van der Waals surface area contributed by atoms with Crippen molar-refractivity contribution in [2.75, 3.05) is 6.61 Å². The number of fused-ring (bicyclic) bond motifs is 1. The molecule has 0 saturated heterocycles. The van der Waals surface area contributed by atoms with Gasteiger partial charge in [0.15, 0.2) is 0 Å². The van der Waals surface area contributed by atoms with Gasteiger partial charge in [0.05, 0.1) is 19.3 Å². The minimum atomic E-state index is 0.184. The molecule has 1 N–H and O–H groups in total. The standard InChI is InChI=1S/C17H18ClNO/c1-12(14-7-4-5-9-16(14)18)19-17-11-20-10-13-6-2-3-8-15(13)17/h2-9,12,17,19H,10-11H2,1H3/t12-,17?/m0/s1. The van der Waals surface area contributed by atoms with Crippen LogP contribution in [0.4, 0.5) is 0 Å². The Hall–Kier alpha value is -1.35. The van der Waals surface area contributed by atoms with E-state index in [1.54, 1.807) is 0 Å². The topological polar surface area (TPSA) is 21.3 Å². The van der Waals surface area contributed by atoms with Crippen LogP contribution < -0.4 is 5.32 Å². The predicted octanol–water partition coefficient (Wildman–Crippen LogP) is 4.26. The Morgan fingerprint density at radius 2 is 1.90 bits per heavy atom. The molecule has 2 aromatic rings. The Bertz CT molecular complexity index is 599. The molecule has 1 unspecified atom stereocenters. The third-order valence-corrected chi connectivity index (χ3v) is 4.14. The lowest BCUT2D eigenvalue weighted by Gasteiger charge is -2.29. The average molecular weight is 288 g/mol. The Morgan fingerprint density at radius 1 is 1.15 bits per heavy atom. The van der Waals surface area contributed by atoms with Gasteiger partial charge in [-0.25, -0.2) is 0 Å². The fourth-order valence-corrected chi connectivity index (χ4v) is 3.04. The molecule has 3 rings (SSSR count). The van der Waals surface area contributed by atoms with Gasteiger partial charge in [-0.2, -0.15) is 0 Å². The van der Waals surface area contributed by atoms with Crippen LogP contribution in [0.2, 0.25) is 5.02 Å². The lowest BCUT2D eigenvalue weighted by atomic mass is 9.97. The highest BCUT2D eigenvalue weighted by atomic mass is 35.5. The van der Waals surface area contributed by atoms with E-state index in [-0.39, 0.29) is 12.1 Å². The van der Waals surface area contributed by atoms with Crippen molar-refractivity contribution in [3.05, 3.63) is 70.2 Å². The van der Waals surface area contributed by atoms with Crippen LogP contribution in [-0.4, -0.2) is 6.61 Å². The van der Waals surface area contributed by atoms with Crippen LogP contribution >= 0.6 is 11.6 Å². The van der Waals surface area contributed by atoms with Crippen LogP contribution in [0.3, 0.4) is 0 Å². The molecule has 2 atom stereocenters. The van der Waals surface area contributed by atoms with Gasteiger partial charge >= 0.3 is 0 Å². The lowest BCUT2D eigenvalue weighted by molar-refractivity contribution is 0.0791. The summed E-state index contributed by atoms with van der Waals surface area (Å²) in [6.07, 6.45) is 0. The molecule has 2 nitrogen and oxygen atoms in total. The first-order valence-corrected chi connectivity index (χ1v) is 7.29. The SMILES string of the molecule is C[C@H](NC1COCc2ccccc21)c1ccccc1Cl. The van der Waals surface area contributed by atoms with Gasteiger partial charge in [-0.05, 0) is 29.7 Å². The van der Waals surface area contributed by atoms with E-state index in [0.29, 0.717) is 13.2 Å². The Balaban J connectivity index is 1.81. The van der Waals surface area contributed by atoms with Crippen molar-refractivity contribution in [3.63, 3.8) is 0 Å². The van der Waals surface area contributed by atoms with Crippen molar-refractivity contribution in [2.24, 2.45) is 0 Å². The molecule has 1 aliphatic rings. The van der Waals surface area contributed by atoms with Gasteiger partial charge in [-0.3, -0.25) is 0 Å². The summed E-state index contributed by atoms with van der Waals surface area (Å²) < 4.78 is 5.68. The first kappa shape index (κ1) is 13.6. The monoisotopic (exact) mass is 287 g/mol. The summed E-state index contributed by atoms with van der Waals surface area (Å²) in [4.78, 5) is 0. The average Bonchev–Trinajstić information content (AvgIpc) is 2.48. The third-order valence-electron chi connectivity index (χ3n) is 3.80. The summed E-state index contributed by atoms with van der Waals surface area (Å²) in [5.74, 6) is 0. The molecular weight excluding hydrogens is 270 g/mol. The number of nitrogens with one attached hydrogen (secondary N) is 1. The summed E-state index contributed by atoms with van der Waals surface area (Å²) in [7, 11) is 0. The number of halogens is 1. The van der Waals surface area contributed by atoms with E-state index in [2.05, 4.69) is 42.6 Å². The fourth-order valence-electron chi connectivity index (χ4n) is 2.74. The van der Waals surface area contributed by atoms with Gasteiger partial charge in [-0.15, -0.1) is 0 Å². The van der Waals surface area contributed by atoms with Gasteiger partial charge in [0.1, 0.15) is 0 Å². The zero-order chi connectivity index (χ0) is 13.9. The highest BCUT2D eigenvalue weighted by Crippen LogP contribution is 2.29. The van der Waals surface area contributed by atoms with Crippen molar-refractivity contribution < 1.29 is 4.74 Å². The summed E-state index contributed by atoms with van der Waals surface area (Å²) in [6.45, 7) is 3.54. The number of benzene rings is 2. The second-order valence-corrected chi connectivity index (χ2v) is 5.58. The number of rotatable bonds is 3. The lowest BCUT2D eigenvalue weighted by Crippen LogP contribution is -2.31. The van der Waals surface area contributed by atoms with Crippen molar-refractivity contribution in [3.8, 4) is 0 Å². The predicted molar refractivity (Wildman–Crippen MR) is 81.8 cm³/mol. The maximum Gasteiger partial charge on any atom is 0.0721 e. The van der Waals surface area contributed by atoms with Crippen molar-refractivity contribution in [1.29, 1.82) is 0 Å². The molecule has 20 heavy (non-hydrogen) atoms. The molecule has 3 heteroatoms. The van der Waals surface area contributed by atoms with E-state index in [0.717, 1.165) is 10.6 Å². The number of hydrogen-bond donors (Lipinski definition) is 1. The van der Waals surface area contributed by atoms with Gasteiger partial charge in [0.25, 0.3) is 0 Å². The molecule has 1 aliphatic heterocycles. The molecule has 0 spiro atoms. The Labute approximate surface area is 124 Å². The van der Waals surface area contributed by atoms with Crippen LogP contribution in [-0.2, 0) is 11.3 Å². The summed E-state index contributed by atoms with van der Waals surface area (Å²) in [5, 5.41) is 4.43. The zero-order valence-corrected chi connectivity index (χ0v) is 12.2. The minimum absolute atomic E-state index is 0.184. The maximum absolute atomic E-state index is 6.27. The first-order chi connectivity index (χ1) is 9.75. The third kappa shape index (κ3) is 2.73. The highest BCUT2D eigenvalue weighted by Gasteiger charge is 2.22. The van der Waals surface area contributed by atoms with Crippen LogP contribution in [0.25, 0.3) is 0 Å². The minimum Gasteiger partial charge on any atom is -0.375 e. The second kappa shape index (κ2) is 5.96. The molecule has 0 saturated carbocycles. The van der Waals surface area contributed by atoms with Crippen LogP contribution in [0.5, 0.6) is 0 Å². The molecule has 0 aliphatic carbocycles. The molecule has 0 fully saturated rings. The summed E-state index contributed by atoms with van der Waals surface area (Å²) in [6, 6.07) is 16.8. The van der Waals surface area contributed by atoms with E-state index in [1.807, 2.05) is 18.2 Å². The van der Waals surface area contributed by atoms with Crippen molar-refractivity contribution in [1.82, 2.24) is 5.32 Å². The summed E-state index contributed by atoms with van der Waals surface area (Å²) in [5.41, 5.74) is 3.72. The normalized spacial score (nSPS) is 19.4. The number of ether oxygens (including phenoxy) is 1. The van der Waals surface area contributed by atoms with Gasteiger partial charge < -0.3 is 10.1 Å². The maximum atomic E-state index is 6.27. The second-order valence-electron chi connectivity index (χ2n) is 5.18. The van der Waals surface area contributed by atoms with Crippen LogP contribution in [0.15, 0.2) is 48.5 Å². The highest BCUT2D eigenvalue weighted by molar-refractivity contribution is 6.31. The van der Waals surface area contributed by atoms with E-state index in [4.69, 9.17) is 16.3 Å². The first-order valence-electron chi connectivity index (χ1n) is 6.91. The molecule has 0 bridgehead atoms. The van der Waals surface area contributed by atoms with Crippen LogP contribution in [0.1, 0.15) is 35.7 Å². The molecule has 0 aromatic heterocycles. The van der Waals surface area contributed by atoms with Gasteiger partial charge in [0.2, 0.25) is 0 Å². The van der Waals surface area contributed by atoms with Gasteiger partial charge in [0, 0.05) is 11.1 Å². The van der Waals surface area contributed by atoms with Crippen LogP contribution in [0, 0.1) is 0 Å². The van der Waals surface area contributed by atoms with E-state index < -0.39 is 0 Å². The molecule has 2 aromatic carbocycles. The van der Waals surface area contributed by atoms with E-state index >= 15 is 0 Å². The Kier molecular flexibility index (Phi) is 4.06. The molecular formula is C17H18ClNO.